The predicted octanol–water partition coefficient (Wildman–Crippen LogP) is 5.21. The maximum atomic E-state index is 14.8. The van der Waals surface area contributed by atoms with Gasteiger partial charge in [0.25, 0.3) is 0 Å². The fraction of sp³-hybridized carbons (Fsp3) is 0.320. The lowest BCUT2D eigenvalue weighted by molar-refractivity contribution is 0.284. The van der Waals surface area contributed by atoms with E-state index in [1.54, 1.807) is 18.2 Å². The van der Waals surface area contributed by atoms with Gasteiger partial charge < -0.3 is 15.6 Å². The molecule has 1 saturated carbocycles. The SMILES string of the molecule is NCC1CCC(n2c(-c3c(F)cccc3F)nc3cnc(NCc4ccccc4F)nc32)CC1. The molecular formula is C25H25F3N6. The summed E-state index contributed by atoms with van der Waals surface area (Å²) in [6.45, 7) is 0.821. The Labute approximate surface area is 195 Å². The van der Waals surface area contributed by atoms with E-state index in [4.69, 9.17) is 5.73 Å². The molecule has 0 atom stereocenters. The van der Waals surface area contributed by atoms with E-state index in [1.807, 2.05) is 4.57 Å². The standard InChI is InChI=1S/C25H25F3N6/c26-18-5-2-1-4-16(18)13-30-25-31-14-21-23(33-25)34(17-10-8-15(12-29)9-11-17)24(32-21)22-19(27)6-3-7-20(22)28/h1-7,14-15,17H,8-13,29H2,(H,30,31,33). The molecular weight excluding hydrogens is 441 g/mol. The molecule has 2 heterocycles. The van der Waals surface area contributed by atoms with Crippen LogP contribution in [-0.4, -0.2) is 26.1 Å². The third kappa shape index (κ3) is 4.23. The van der Waals surface area contributed by atoms with Crippen LogP contribution in [-0.2, 0) is 6.54 Å². The van der Waals surface area contributed by atoms with Crippen molar-refractivity contribution >= 4 is 17.1 Å². The maximum Gasteiger partial charge on any atom is 0.225 e. The Kier molecular flexibility index (Phi) is 6.19. The second-order valence-electron chi connectivity index (χ2n) is 8.66. The summed E-state index contributed by atoms with van der Waals surface area (Å²) in [5.41, 5.74) is 7.08. The summed E-state index contributed by atoms with van der Waals surface area (Å²) in [4.78, 5) is 13.5. The molecule has 5 rings (SSSR count). The Hall–Kier alpha value is -3.46. The molecule has 0 bridgehead atoms. The molecule has 1 fully saturated rings. The number of nitrogens with one attached hydrogen (secondary N) is 1. The number of hydrogen-bond donors (Lipinski definition) is 2. The third-order valence-electron chi connectivity index (χ3n) is 6.53. The van der Waals surface area contributed by atoms with E-state index in [1.165, 1.54) is 30.5 Å². The van der Waals surface area contributed by atoms with Crippen LogP contribution in [0.4, 0.5) is 19.1 Å². The first-order chi connectivity index (χ1) is 16.5. The van der Waals surface area contributed by atoms with Gasteiger partial charge in [0.1, 0.15) is 28.8 Å². The van der Waals surface area contributed by atoms with E-state index in [2.05, 4.69) is 20.3 Å². The first kappa shape index (κ1) is 22.3. The van der Waals surface area contributed by atoms with Crippen molar-refractivity contribution in [3.8, 4) is 11.4 Å². The number of imidazole rings is 1. The summed E-state index contributed by atoms with van der Waals surface area (Å²) in [7, 11) is 0. The Bertz CT molecular complexity index is 1290. The minimum atomic E-state index is -0.682. The molecule has 4 aromatic rings. The van der Waals surface area contributed by atoms with E-state index in [9.17, 15) is 13.2 Å². The van der Waals surface area contributed by atoms with E-state index in [0.29, 0.717) is 29.2 Å². The normalized spacial score (nSPS) is 18.4. The Morgan fingerprint density at radius 3 is 2.32 bits per heavy atom. The zero-order valence-corrected chi connectivity index (χ0v) is 18.5. The van der Waals surface area contributed by atoms with Crippen LogP contribution in [0.3, 0.4) is 0 Å². The minimum absolute atomic E-state index is 0.0314. The Balaban J connectivity index is 1.57. The monoisotopic (exact) mass is 466 g/mol. The highest BCUT2D eigenvalue weighted by Gasteiger charge is 2.29. The fourth-order valence-electron chi connectivity index (χ4n) is 4.66. The van der Waals surface area contributed by atoms with Crippen LogP contribution in [0.2, 0.25) is 0 Å². The van der Waals surface area contributed by atoms with Gasteiger partial charge in [-0.05, 0) is 56.3 Å². The van der Waals surface area contributed by atoms with Crippen molar-refractivity contribution < 1.29 is 13.2 Å². The van der Waals surface area contributed by atoms with Crippen molar-refractivity contribution in [2.24, 2.45) is 11.7 Å². The molecule has 2 aromatic carbocycles. The highest BCUT2D eigenvalue weighted by atomic mass is 19.1. The number of nitrogens with zero attached hydrogens (tertiary/aromatic N) is 4. The van der Waals surface area contributed by atoms with Crippen molar-refractivity contribution in [2.45, 2.75) is 38.3 Å². The quantitative estimate of drug-likeness (QED) is 0.408. The lowest BCUT2D eigenvalue weighted by Gasteiger charge is -2.30. The van der Waals surface area contributed by atoms with Gasteiger partial charge in [0.15, 0.2) is 5.65 Å². The van der Waals surface area contributed by atoms with Crippen LogP contribution in [0.25, 0.3) is 22.6 Å². The highest BCUT2D eigenvalue weighted by Crippen LogP contribution is 2.38. The van der Waals surface area contributed by atoms with Crippen LogP contribution < -0.4 is 11.1 Å². The molecule has 6 nitrogen and oxygen atoms in total. The van der Waals surface area contributed by atoms with Crippen LogP contribution in [0.1, 0.15) is 37.3 Å². The molecule has 0 unspecified atom stereocenters. The average Bonchev–Trinajstić information content (AvgIpc) is 3.21. The van der Waals surface area contributed by atoms with Crippen molar-refractivity contribution in [1.29, 1.82) is 0 Å². The number of fused-ring (bicyclic) bond motifs is 1. The first-order valence-electron chi connectivity index (χ1n) is 11.4. The summed E-state index contributed by atoms with van der Waals surface area (Å²) >= 11 is 0. The van der Waals surface area contributed by atoms with E-state index in [0.717, 1.165) is 25.7 Å². The second-order valence-corrected chi connectivity index (χ2v) is 8.66. The van der Waals surface area contributed by atoms with Crippen molar-refractivity contribution in [3.05, 3.63) is 71.7 Å². The molecule has 1 aliphatic carbocycles. The predicted molar refractivity (Wildman–Crippen MR) is 124 cm³/mol. The molecule has 0 saturated heterocycles. The van der Waals surface area contributed by atoms with Gasteiger partial charge in [-0.25, -0.2) is 23.1 Å². The molecule has 2 aromatic heterocycles. The van der Waals surface area contributed by atoms with E-state index >= 15 is 0 Å². The number of halogens is 3. The smallest absolute Gasteiger partial charge is 0.225 e. The van der Waals surface area contributed by atoms with Crippen LogP contribution in [0.5, 0.6) is 0 Å². The number of rotatable bonds is 6. The molecule has 0 amide bonds. The second kappa shape index (κ2) is 9.42. The largest absolute Gasteiger partial charge is 0.350 e. The third-order valence-corrected chi connectivity index (χ3v) is 6.53. The van der Waals surface area contributed by atoms with E-state index in [-0.39, 0.29) is 35.7 Å². The summed E-state index contributed by atoms with van der Waals surface area (Å²) in [6, 6.07) is 10.2. The van der Waals surface area contributed by atoms with Crippen molar-refractivity contribution in [1.82, 2.24) is 19.5 Å². The number of hydrogen-bond acceptors (Lipinski definition) is 5. The molecule has 0 radical (unpaired) electrons. The molecule has 3 N–H and O–H groups in total. The fourth-order valence-corrected chi connectivity index (χ4v) is 4.66. The maximum absolute atomic E-state index is 14.8. The molecule has 34 heavy (non-hydrogen) atoms. The number of benzene rings is 2. The Morgan fingerprint density at radius 1 is 0.912 bits per heavy atom. The van der Waals surface area contributed by atoms with Gasteiger partial charge in [-0.1, -0.05) is 24.3 Å². The lowest BCUT2D eigenvalue weighted by atomic mass is 9.86. The average molecular weight is 467 g/mol. The number of anilines is 1. The van der Waals surface area contributed by atoms with Crippen LogP contribution >= 0.6 is 0 Å². The molecule has 0 spiro atoms. The molecule has 1 aliphatic rings. The summed E-state index contributed by atoms with van der Waals surface area (Å²) in [6.07, 6.45) is 4.97. The molecule has 9 heteroatoms. The number of nitrogens with two attached hydrogens (primary N) is 1. The van der Waals surface area contributed by atoms with Gasteiger partial charge in [0, 0.05) is 18.2 Å². The summed E-state index contributed by atoms with van der Waals surface area (Å²) in [5, 5.41) is 3.04. The Morgan fingerprint density at radius 2 is 1.62 bits per heavy atom. The van der Waals surface area contributed by atoms with Gasteiger partial charge in [-0.3, -0.25) is 0 Å². The molecule has 0 aliphatic heterocycles. The minimum Gasteiger partial charge on any atom is -0.350 e. The van der Waals surface area contributed by atoms with Gasteiger partial charge in [0.05, 0.1) is 11.8 Å². The zero-order valence-electron chi connectivity index (χ0n) is 18.5. The molecule has 176 valence electrons. The van der Waals surface area contributed by atoms with Crippen molar-refractivity contribution in [2.75, 3.05) is 11.9 Å². The topological polar surface area (TPSA) is 81.7 Å². The zero-order chi connectivity index (χ0) is 23.7. The van der Waals surface area contributed by atoms with E-state index < -0.39 is 11.6 Å². The number of aromatic nitrogens is 4. The summed E-state index contributed by atoms with van der Waals surface area (Å²) in [5.74, 6) is -0.769. The van der Waals surface area contributed by atoms with Crippen LogP contribution in [0.15, 0.2) is 48.7 Å². The van der Waals surface area contributed by atoms with Gasteiger partial charge in [-0.15, -0.1) is 0 Å². The van der Waals surface area contributed by atoms with Gasteiger partial charge >= 0.3 is 0 Å². The van der Waals surface area contributed by atoms with Gasteiger partial charge in [-0.2, -0.15) is 4.98 Å². The van der Waals surface area contributed by atoms with Crippen molar-refractivity contribution in [3.63, 3.8) is 0 Å². The lowest BCUT2D eigenvalue weighted by Crippen LogP contribution is -2.24. The first-order valence-corrected chi connectivity index (χ1v) is 11.4. The van der Waals surface area contributed by atoms with Gasteiger partial charge in [0.2, 0.25) is 5.95 Å². The van der Waals surface area contributed by atoms with Crippen LogP contribution in [0, 0.1) is 23.4 Å². The summed E-state index contributed by atoms with van der Waals surface area (Å²) < 4.78 is 45.4. The highest BCUT2D eigenvalue weighted by molar-refractivity contribution is 5.78.